The lowest BCUT2D eigenvalue weighted by Crippen LogP contribution is -2.20. The summed E-state index contributed by atoms with van der Waals surface area (Å²) in [5.41, 5.74) is -1.11. The fourth-order valence-electron chi connectivity index (χ4n) is 1.93. The average molecular weight is 278 g/mol. The average Bonchev–Trinajstić information content (AvgIpc) is 2.59. The van der Waals surface area contributed by atoms with E-state index in [0.717, 1.165) is 25.9 Å². The Kier molecular flexibility index (Phi) is 4.24. The summed E-state index contributed by atoms with van der Waals surface area (Å²) in [7, 11) is 0. The van der Waals surface area contributed by atoms with Crippen LogP contribution in [0.4, 0.5) is 17.6 Å². The summed E-state index contributed by atoms with van der Waals surface area (Å²) < 4.78 is 55.9. The zero-order valence-corrected chi connectivity index (χ0v) is 10.1. The van der Waals surface area contributed by atoms with E-state index >= 15 is 0 Å². The first-order valence-electron chi connectivity index (χ1n) is 6.07. The number of aromatic nitrogens is 1. The molecule has 0 radical (unpaired) electrons. The normalized spacial score (nSPS) is 20.9. The summed E-state index contributed by atoms with van der Waals surface area (Å²) >= 11 is 0. The van der Waals surface area contributed by atoms with Gasteiger partial charge in [-0.05, 0) is 38.4 Å². The van der Waals surface area contributed by atoms with Crippen LogP contribution < -0.4 is 10.1 Å². The minimum Gasteiger partial charge on any atom is -0.472 e. The first-order chi connectivity index (χ1) is 8.97. The molecule has 1 atom stereocenters. The number of nitrogens with zero attached hydrogens (tertiary/aromatic N) is 1. The van der Waals surface area contributed by atoms with Crippen molar-refractivity contribution in [3.8, 4) is 5.88 Å². The van der Waals surface area contributed by atoms with E-state index in [1.165, 1.54) is 0 Å². The van der Waals surface area contributed by atoms with E-state index < -0.39 is 17.6 Å². The maximum Gasteiger partial charge on any atom is 0.417 e. The molecule has 0 aliphatic carbocycles. The Balaban J connectivity index is 2.08. The molecule has 1 unspecified atom stereocenters. The number of ether oxygens (including phenoxy) is 1. The lowest BCUT2D eigenvalue weighted by molar-refractivity contribution is -0.138. The number of alkyl halides is 3. The van der Waals surface area contributed by atoms with E-state index in [9.17, 15) is 17.6 Å². The number of pyridine rings is 1. The van der Waals surface area contributed by atoms with Gasteiger partial charge in [-0.2, -0.15) is 13.2 Å². The highest BCUT2D eigenvalue weighted by molar-refractivity contribution is 5.22. The molecular weight excluding hydrogens is 264 g/mol. The van der Waals surface area contributed by atoms with Crippen molar-refractivity contribution < 1.29 is 22.3 Å². The highest BCUT2D eigenvalue weighted by Gasteiger charge is 2.32. The monoisotopic (exact) mass is 278 g/mol. The van der Waals surface area contributed by atoms with Crippen LogP contribution in [0.1, 0.15) is 24.8 Å². The van der Waals surface area contributed by atoms with Crippen LogP contribution in [0.15, 0.2) is 12.3 Å². The van der Waals surface area contributed by atoms with Gasteiger partial charge in [0.25, 0.3) is 5.88 Å². The van der Waals surface area contributed by atoms with Gasteiger partial charge in [0.05, 0.1) is 5.56 Å². The van der Waals surface area contributed by atoms with Gasteiger partial charge in [0.15, 0.2) is 5.82 Å². The molecule has 1 aliphatic heterocycles. The molecule has 0 saturated carbocycles. The standard InChI is InChI=1S/C12H14F4N2O/c13-10-6-8(12(14,15)16)7-18-11(10)19-9-2-1-4-17-5-3-9/h6-7,9,17H,1-5H2. The van der Waals surface area contributed by atoms with Crippen LogP contribution >= 0.6 is 0 Å². The number of hydrogen-bond acceptors (Lipinski definition) is 3. The highest BCUT2D eigenvalue weighted by Crippen LogP contribution is 2.31. The zero-order chi connectivity index (χ0) is 13.9. The van der Waals surface area contributed by atoms with Crippen molar-refractivity contribution in [1.82, 2.24) is 10.3 Å². The molecule has 0 aromatic carbocycles. The molecule has 1 aliphatic rings. The van der Waals surface area contributed by atoms with E-state index in [2.05, 4.69) is 10.3 Å². The molecule has 1 N–H and O–H groups in total. The van der Waals surface area contributed by atoms with Crippen molar-refractivity contribution in [2.24, 2.45) is 0 Å². The van der Waals surface area contributed by atoms with Crippen LogP contribution in [0.3, 0.4) is 0 Å². The molecule has 1 aromatic heterocycles. The predicted octanol–water partition coefficient (Wildman–Crippen LogP) is 2.76. The molecule has 2 heterocycles. The predicted molar refractivity (Wildman–Crippen MR) is 60.3 cm³/mol. The van der Waals surface area contributed by atoms with Crippen molar-refractivity contribution in [3.63, 3.8) is 0 Å². The first-order valence-corrected chi connectivity index (χ1v) is 6.07. The van der Waals surface area contributed by atoms with Gasteiger partial charge in [-0.1, -0.05) is 0 Å². The van der Waals surface area contributed by atoms with Crippen LogP contribution in [0, 0.1) is 5.82 Å². The lowest BCUT2D eigenvalue weighted by atomic mass is 10.1. The fraction of sp³-hybridized carbons (Fsp3) is 0.583. The second-order valence-electron chi connectivity index (χ2n) is 4.43. The third kappa shape index (κ3) is 3.79. The number of hydrogen-bond donors (Lipinski definition) is 1. The largest absolute Gasteiger partial charge is 0.472 e. The third-order valence-corrected chi connectivity index (χ3v) is 2.94. The second-order valence-corrected chi connectivity index (χ2v) is 4.43. The topological polar surface area (TPSA) is 34.1 Å². The fourth-order valence-corrected chi connectivity index (χ4v) is 1.93. The minimum atomic E-state index is -4.60. The second kappa shape index (κ2) is 5.73. The number of nitrogens with one attached hydrogen (secondary N) is 1. The summed E-state index contributed by atoms with van der Waals surface area (Å²) in [6, 6.07) is 0.414. The first kappa shape index (κ1) is 14.0. The Bertz CT molecular complexity index is 428. The molecule has 7 heteroatoms. The van der Waals surface area contributed by atoms with Crippen molar-refractivity contribution in [2.75, 3.05) is 13.1 Å². The zero-order valence-electron chi connectivity index (χ0n) is 10.1. The van der Waals surface area contributed by atoms with Crippen molar-refractivity contribution in [1.29, 1.82) is 0 Å². The van der Waals surface area contributed by atoms with Gasteiger partial charge in [-0.25, -0.2) is 9.37 Å². The number of rotatable bonds is 2. The summed E-state index contributed by atoms with van der Waals surface area (Å²) in [4.78, 5) is 3.43. The van der Waals surface area contributed by atoms with Gasteiger partial charge in [-0.15, -0.1) is 0 Å². The Labute approximate surface area is 108 Å². The minimum absolute atomic E-state index is 0.214. The quantitative estimate of drug-likeness (QED) is 0.845. The lowest BCUT2D eigenvalue weighted by Gasteiger charge is -2.16. The summed E-state index contributed by atoms with van der Waals surface area (Å²) in [6.45, 7) is 1.61. The van der Waals surface area contributed by atoms with E-state index in [1.54, 1.807) is 0 Å². The summed E-state index contributed by atoms with van der Waals surface area (Å²) in [5.74, 6) is -1.44. The van der Waals surface area contributed by atoms with Crippen LogP contribution in [0.2, 0.25) is 0 Å². The maximum absolute atomic E-state index is 13.5. The molecule has 0 spiro atoms. The molecule has 0 bridgehead atoms. The van der Waals surface area contributed by atoms with Crippen molar-refractivity contribution in [2.45, 2.75) is 31.5 Å². The van der Waals surface area contributed by atoms with Crippen LogP contribution in [-0.4, -0.2) is 24.2 Å². The van der Waals surface area contributed by atoms with Gasteiger partial charge in [0.2, 0.25) is 0 Å². The Morgan fingerprint density at radius 2 is 2.05 bits per heavy atom. The smallest absolute Gasteiger partial charge is 0.417 e. The maximum atomic E-state index is 13.5. The molecular formula is C12H14F4N2O. The van der Waals surface area contributed by atoms with E-state index in [-0.39, 0.29) is 12.0 Å². The van der Waals surface area contributed by atoms with Gasteiger partial charge in [-0.3, -0.25) is 0 Å². The SMILES string of the molecule is Fc1cc(C(F)(F)F)cnc1OC1CCCNCC1. The van der Waals surface area contributed by atoms with E-state index in [4.69, 9.17) is 4.74 Å². The summed E-state index contributed by atoms with van der Waals surface area (Å²) in [6.07, 6.45) is -1.93. The van der Waals surface area contributed by atoms with Crippen molar-refractivity contribution >= 4 is 0 Å². The van der Waals surface area contributed by atoms with Crippen LogP contribution in [0.5, 0.6) is 5.88 Å². The van der Waals surface area contributed by atoms with Gasteiger partial charge >= 0.3 is 6.18 Å². The molecule has 1 fully saturated rings. The molecule has 1 saturated heterocycles. The summed E-state index contributed by atoms with van der Waals surface area (Å²) in [5, 5.41) is 3.16. The molecule has 19 heavy (non-hydrogen) atoms. The van der Waals surface area contributed by atoms with Crippen LogP contribution in [0.25, 0.3) is 0 Å². The molecule has 3 nitrogen and oxygen atoms in total. The Morgan fingerprint density at radius 1 is 1.26 bits per heavy atom. The Morgan fingerprint density at radius 3 is 2.74 bits per heavy atom. The third-order valence-electron chi connectivity index (χ3n) is 2.94. The van der Waals surface area contributed by atoms with Crippen LogP contribution in [-0.2, 0) is 6.18 Å². The van der Waals surface area contributed by atoms with Gasteiger partial charge in [0.1, 0.15) is 6.10 Å². The van der Waals surface area contributed by atoms with Gasteiger partial charge < -0.3 is 10.1 Å². The van der Waals surface area contributed by atoms with Gasteiger partial charge in [0, 0.05) is 6.20 Å². The van der Waals surface area contributed by atoms with Crippen molar-refractivity contribution in [3.05, 3.63) is 23.6 Å². The van der Waals surface area contributed by atoms with E-state index in [1.807, 2.05) is 0 Å². The molecule has 1 aromatic rings. The Hall–Kier alpha value is -1.37. The molecule has 0 amide bonds. The number of halogens is 4. The molecule has 106 valence electrons. The van der Waals surface area contributed by atoms with E-state index in [0.29, 0.717) is 18.7 Å². The molecule has 2 rings (SSSR count). The highest BCUT2D eigenvalue weighted by atomic mass is 19.4.